The van der Waals surface area contributed by atoms with Crippen molar-refractivity contribution in [3.63, 3.8) is 0 Å². The van der Waals surface area contributed by atoms with E-state index in [1.54, 1.807) is 6.07 Å². The van der Waals surface area contributed by atoms with Gasteiger partial charge in [-0.1, -0.05) is 96.6 Å². The average Bonchev–Trinajstić information content (AvgIpc) is 2.93. The van der Waals surface area contributed by atoms with Crippen LogP contribution in [0.3, 0.4) is 0 Å². The molecule has 1 fully saturated rings. The number of benzene rings is 2. The zero-order chi connectivity index (χ0) is 27.3. The van der Waals surface area contributed by atoms with Gasteiger partial charge in [0.1, 0.15) is 0 Å². The summed E-state index contributed by atoms with van der Waals surface area (Å²) in [5.74, 6) is -3.98. The molecule has 0 heterocycles. The molecule has 5 heteroatoms. The normalized spacial score (nSPS) is 17.6. The summed E-state index contributed by atoms with van der Waals surface area (Å²) in [6, 6.07) is 5.53. The topological polar surface area (TPSA) is 9.23 Å². The summed E-state index contributed by atoms with van der Waals surface area (Å²) < 4.78 is 65.3. The van der Waals surface area contributed by atoms with Gasteiger partial charge < -0.3 is 4.74 Å². The van der Waals surface area contributed by atoms with Crippen LogP contribution in [0.4, 0.5) is 17.6 Å². The van der Waals surface area contributed by atoms with Gasteiger partial charge in [-0.2, -0.15) is 4.39 Å². The van der Waals surface area contributed by atoms with Crippen LogP contribution in [0, 0.1) is 29.2 Å². The predicted octanol–water partition coefficient (Wildman–Crippen LogP) is 11.3. The van der Waals surface area contributed by atoms with Gasteiger partial charge in [-0.25, -0.2) is 13.2 Å². The SMILES string of the molecule is CCCCCCCCOc1ccc(-c2ccc(C3CCC(CCCCCCC)CC3)c(F)c2F)c(F)c1F. The van der Waals surface area contributed by atoms with Gasteiger partial charge in [0.2, 0.25) is 5.82 Å². The van der Waals surface area contributed by atoms with E-state index >= 15 is 8.78 Å². The molecule has 0 aromatic heterocycles. The molecule has 0 saturated heterocycles. The lowest BCUT2D eigenvalue weighted by molar-refractivity contribution is 0.285. The third kappa shape index (κ3) is 8.48. The monoisotopic (exact) mass is 534 g/mol. The molecule has 38 heavy (non-hydrogen) atoms. The highest BCUT2D eigenvalue weighted by molar-refractivity contribution is 5.66. The molecule has 0 radical (unpaired) electrons. The van der Waals surface area contributed by atoms with Crippen molar-refractivity contribution < 1.29 is 22.3 Å². The van der Waals surface area contributed by atoms with Crippen molar-refractivity contribution >= 4 is 0 Å². The number of unbranched alkanes of at least 4 members (excludes halogenated alkanes) is 9. The molecule has 1 aliphatic rings. The molecule has 0 atom stereocenters. The van der Waals surface area contributed by atoms with Crippen LogP contribution in [0.5, 0.6) is 5.75 Å². The molecular formula is C33H46F4O. The standard InChI is InChI=1S/C33H46F4O/c1-3-5-7-9-11-13-23-38-29-22-21-28(32(36)33(29)37)27-20-19-26(30(34)31(27)35)25-17-15-24(16-18-25)14-12-10-8-6-4-2/h19-22,24-25H,3-18,23H2,1-2H3. The fourth-order valence-corrected chi connectivity index (χ4v) is 5.80. The second-order valence-corrected chi connectivity index (χ2v) is 11.1. The van der Waals surface area contributed by atoms with E-state index in [1.807, 2.05) is 0 Å². The number of halogens is 4. The second-order valence-electron chi connectivity index (χ2n) is 11.1. The van der Waals surface area contributed by atoms with Gasteiger partial charge in [0, 0.05) is 11.1 Å². The van der Waals surface area contributed by atoms with Crippen molar-refractivity contribution in [3.8, 4) is 16.9 Å². The molecule has 0 spiro atoms. The minimum absolute atomic E-state index is 0.0331. The van der Waals surface area contributed by atoms with Crippen molar-refractivity contribution in [2.75, 3.05) is 6.61 Å². The maximum absolute atomic E-state index is 15.2. The third-order valence-corrected chi connectivity index (χ3v) is 8.21. The highest BCUT2D eigenvalue weighted by Crippen LogP contribution is 2.41. The molecule has 2 aromatic carbocycles. The van der Waals surface area contributed by atoms with Gasteiger partial charge in [-0.15, -0.1) is 0 Å². The fraction of sp³-hybridized carbons (Fsp3) is 0.636. The zero-order valence-electron chi connectivity index (χ0n) is 23.4. The molecule has 0 N–H and O–H groups in total. The Morgan fingerprint density at radius 3 is 1.82 bits per heavy atom. The van der Waals surface area contributed by atoms with Crippen LogP contribution in [-0.2, 0) is 0 Å². The molecule has 3 rings (SSSR count). The maximum atomic E-state index is 15.2. The van der Waals surface area contributed by atoms with Crippen LogP contribution in [0.1, 0.15) is 128 Å². The Morgan fingerprint density at radius 1 is 0.605 bits per heavy atom. The Morgan fingerprint density at radius 2 is 1.16 bits per heavy atom. The largest absolute Gasteiger partial charge is 0.490 e. The molecule has 0 bridgehead atoms. The van der Waals surface area contributed by atoms with Crippen LogP contribution in [-0.4, -0.2) is 6.61 Å². The summed E-state index contributed by atoms with van der Waals surface area (Å²) in [7, 11) is 0. The van der Waals surface area contributed by atoms with Crippen molar-refractivity contribution in [1.29, 1.82) is 0 Å². The third-order valence-electron chi connectivity index (χ3n) is 8.21. The summed E-state index contributed by atoms with van der Waals surface area (Å²) >= 11 is 0. The molecule has 1 saturated carbocycles. The zero-order valence-corrected chi connectivity index (χ0v) is 23.4. The Labute approximate surface area is 227 Å². The molecule has 1 nitrogen and oxygen atoms in total. The Hall–Kier alpha value is -2.04. The van der Waals surface area contributed by atoms with Crippen LogP contribution < -0.4 is 4.74 Å². The summed E-state index contributed by atoms with van der Waals surface area (Å²) in [6.45, 7) is 4.66. The second kappa shape index (κ2) is 16.2. The first-order valence-corrected chi connectivity index (χ1v) is 15.1. The van der Waals surface area contributed by atoms with E-state index in [9.17, 15) is 8.78 Å². The molecule has 212 valence electrons. The van der Waals surface area contributed by atoms with E-state index in [2.05, 4.69) is 13.8 Å². The lowest BCUT2D eigenvalue weighted by Gasteiger charge is -2.29. The Balaban J connectivity index is 1.58. The summed E-state index contributed by atoms with van der Waals surface area (Å²) in [6.07, 6.45) is 17.6. The molecule has 1 aliphatic carbocycles. The first-order valence-electron chi connectivity index (χ1n) is 15.1. The van der Waals surface area contributed by atoms with E-state index in [-0.39, 0.29) is 22.8 Å². The van der Waals surface area contributed by atoms with Gasteiger partial charge in [0.15, 0.2) is 23.2 Å². The first-order chi connectivity index (χ1) is 18.5. The fourth-order valence-electron chi connectivity index (χ4n) is 5.80. The Kier molecular flexibility index (Phi) is 13.0. The van der Waals surface area contributed by atoms with Crippen molar-refractivity contribution in [2.45, 2.75) is 122 Å². The van der Waals surface area contributed by atoms with E-state index < -0.39 is 23.3 Å². The predicted molar refractivity (Wildman–Crippen MR) is 149 cm³/mol. The van der Waals surface area contributed by atoms with E-state index in [0.717, 1.165) is 51.4 Å². The van der Waals surface area contributed by atoms with Crippen LogP contribution in [0.2, 0.25) is 0 Å². The van der Waals surface area contributed by atoms with Crippen LogP contribution >= 0.6 is 0 Å². The highest BCUT2D eigenvalue weighted by atomic mass is 19.2. The molecule has 0 amide bonds. The number of hydrogen-bond acceptors (Lipinski definition) is 1. The van der Waals surface area contributed by atoms with Crippen molar-refractivity contribution in [2.24, 2.45) is 5.92 Å². The number of hydrogen-bond donors (Lipinski definition) is 0. The van der Waals surface area contributed by atoms with Gasteiger partial charge in [-0.05, 0) is 61.6 Å². The summed E-state index contributed by atoms with van der Waals surface area (Å²) in [5, 5.41) is 0. The lowest BCUT2D eigenvalue weighted by Crippen LogP contribution is -2.15. The minimum atomic E-state index is -1.21. The van der Waals surface area contributed by atoms with Gasteiger partial charge in [0.05, 0.1) is 6.61 Å². The average molecular weight is 535 g/mol. The Bertz CT molecular complexity index is 981. The van der Waals surface area contributed by atoms with Gasteiger partial charge in [-0.3, -0.25) is 0 Å². The van der Waals surface area contributed by atoms with Gasteiger partial charge >= 0.3 is 0 Å². The summed E-state index contributed by atoms with van der Waals surface area (Å²) in [4.78, 5) is 0. The van der Waals surface area contributed by atoms with E-state index in [1.165, 1.54) is 69.6 Å². The molecule has 0 unspecified atom stereocenters. The quantitative estimate of drug-likeness (QED) is 0.154. The van der Waals surface area contributed by atoms with Crippen molar-refractivity contribution in [1.82, 2.24) is 0 Å². The highest BCUT2D eigenvalue weighted by Gasteiger charge is 2.27. The number of ether oxygens (including phenoxy) is 1. The molecular weight excluding hydrogens is 488 g/mol. The summed E-state index contributed by atoms with van der Waals surface area (Å²) in [5.41, 5.74) is -0.192. The van der Waals surface area contributed by atoms with Crippen molar-refractivity contribution in [3.05, 3.63) is 53.1 Å². The van der Waals surface area contributed by atoms with Crippen LogP contribution in [0.25, 0.3) is 11.1 Å². The van der Waals surface area contributed by atoms with E-state index in [0.29, 0.717) is 18.1 Å². The number of rotatable bonds is 16. The minimum Gasteiger partial charge on any atom is -0.490 e. The lowest BCUT2D eigenvalue weighted by atomic mass is 9.76. The van der Waals surface area contributed by atoms with E-state index in [4.69, 9.17) is 4.74 Å². The maximum Gasteiger partial charge on any atom is 0.201 e. The van der Waals surface area contributed by atoms with Crippen LogP contribution in [0.15, 0.2) is 24.3 Å². The smallest absolute Gasteiger partial charge is 0.201 e. The van der Waals surface area contributed by atoms with Gasteiger partial charge in [0.25, 0.3) is 0 Å². The molecule has 2 aromatic rings. The molecule has 0 aliphatic heterocycles. The first kappa shape index (κ1) is 30.5.